The van der Waals surface area contributed by atoms with Crippen molar-refractivity contribution in [3.63, 3.8) is 0 Å². The van der Waals surface area contributed by atoms with E-state index in [9.17, 15) is 8.42 Å². The molecule has 1 aromatic heterocycles. The highest BCUT2D eigenvalue weighted by Gasteiger charge is 2.31. The topological polar surface area (TPSA) is 50.3 Å². The quantitative estimate of drug-likeness (QED) is 0.790. The Hall–Kier alpha value is 0.180. The smallest absolute Gasteiger partial charge is 0.164 e. The molecule has 0 radical (unpaired) electrons. The van der Waals surface area contributed by atoms with Gasteiger partial charge in [-0.1, -0.05) is 0 Å². The Morgan fingerprint density at radius 1 is 1.61 bits per heavy atom. The van der Waals surface area contributed by atoms with Crippen molar-refractivity contribution in [1.82, 2.24) is 9.88 Å². The minimum absolute atomic E-state index is 0.389. The van der Waals surface area contributed by atoms with Crippen molar-refractivity contribution in [2.24, 2.45) is 0 Å². The molecule has 0 aliphatic carbocycles. The van der Waals surface area contributed by atoms with Crippen LogP contribution in [0, 0.1) is 0 Å². The zero-order valence-corrected chi connectivity index (χ0v) is 13.2. The molecule has 18 heavy (non-hydrogen) atoms. The van der Waals surface area contributed by atoms with Crippen molar-refractivity contribution >= 4 is 44.5 Å². The summed E-state index contributed by atoms with van der Waals surface area (Å²) in [6.07, 6.45) is 1.31. The molecular formula is C10H15ClN2O2S3. The summed E-state index contributed by atoms with van der Waals surface area (Å²) in [6.45, 7) is 1.39. The SMILES string of the molecule is CS(=O)(=O)C1CSCCN1Cc1nc(CCl)cs1. The van der Waals surface area contributed by atoms with Gasteiger partial charge >= 0.3 is 0 Å². The largest absolute Gasteiger partial charge is 0.279 e. The Balaban J connectivity index is 2.10. The lowest BCUT2D eigenvalue weighted by molar-refractivity contribution is 0.262. The second kappa shape index (κ2) is 6.09. The van der Waals surface area contributed by atoms with Crippen LogP contribution in [-0.4, -0.2) is 48.0 Å². The number of nitrogens with zero attached hydrogens (tertiary/aromatic N) is 2. The predicted molar refractivity (Wildman–Crippen MR) is 78.0 cm³/mol. The van der Waals surface area contributed by atoms with Gasteiger partial charge in [0.2, 0.25) is 0 Å². The molecule has 0 N–H and O–H groups in total. The summed E-state index contributed by atoms with van der Waals surface area (Å²) < 4.78 is 23.5. The van der Waals surface area contributed by atoms with Crippen LogP contribution in [0.25, 0.3) is 0 Å². The number of thioether (sulfide) groups is 1. The standard InChI is InChI=1S/C10H15ClN2O2S3/c1-18(14,15)10-7-16-3-2-13(10)5-9-12-8(4-11)6-17-9/h6,10H,2-5,7H2,1H3. The van der Waals surface area contributed by atoms with Crippen LogP contribution in [-0.2, 0) is 22.3 Å². The van der Waals surface area contributed by atoms with Gasteiger partial charge in [0.1, 0.15) is 10.4 Å². The highest BCUT2D eigenvalue weighted by Crippen LogP contribution is 2.23. The number of alkyl halides is 1. The molecule has 1 unspecified atom stereocenters. The Labute approximate surface area is 121 Å². The highest BCUT2D eigenvalue weighted by atomic mass is 35.5. The first-order chi connectivity index (χ1) is 8.50. The first-order valence-electron chi connectivity index (χ1n) is 5.50. The highest BCUT2D eigenvalue weighted by molar-refractivity contribution is 8.00. The first-order valence-corrected chi connectivity index (χ1v) is 10.0. The molecule has 8 heteroatoms. The summed E-state index contributed by atoms with van der Waals surface area (Å²) in [7, 11) is -3.04. The fourth-order valence-electron chi connectivity index (χ4n) is 1.85. The summed E-state index contributed by atoms with van der Waals surface area (Å²) in [5.41, 5.74) is 0.860. The van der Waals surface area contributed by atoms with Gasteiger partial charge in [0.25, 0.3) is 0 Å². The summed E-state index contributed by atoms with van der Waals surface area (Å²) in [5, 5.41) is 2.47. The lowest BCUT2D eigenvalue weighted by Gasteiger charge is -2.33. The van der Waals surface area contributed by atoms with E-state index >= 15 is 0 Å². The molecule has 1 aromatic rings. The Morgan fingerprint density at radius 3 is 3.00 bits per heavy atom. The molecule has 1 fully saturated rings. The second-order valence-electron chi connectivity index (χ2n) is 4.20. The maximum atomic E-state index is 11.8. The van der Waals surface area contributed by atoms with E-state index in [4.69, 9.17) is 11.6 Å². The van der Waals surface area contributed by atoms with Gasteiger partial charge in [-0.25, -0.2) is 13.4 Å². The van der Waals surface area contributed by atoms with Crippen LogP contribution in [0.3, 0.4) is 0 Å². The van der Waals surface area contributed by atoms with Gasteiger partial charge in [-0.15, -0.1) is 22.9 Å². The number of sulfone groups is 1. The lowest BCUT2D eigenvalue weighted by atomic mass is 10.4. The van der Waals surface area contributed by atoms with Crippen molar-refractivity contribution < 1.29 is 8.42 Å². The van der Waals surface area contributed by atoms with Gasteiger partial charge in [0, 0.05) is 29.7 Å². The van der Waals surface area contributed by atoms with Crippen molar-refractivity contribution in [3.05, 3.63) is 16.1 Å². The lowest BCUT2D eigenvalue weighted by Crippen LogP contribution is -2.46. The number of aromatic nitrogens is 1. The number of hydrogen-bond donors (Lipinski definition) is 0. The van der Waals surface area contributed by atoms with Gasteiger partial charge in [-0.05, 0) is 0 Å². The van der Waals surface area contributed by atoms with E-state index < -0.39 is 9.84 Å². The molecule has 4 nitrogen and oxygen atoms in total. The van der Waals surface area contributed by atoms with Gasteiger partial charge in [-0.3, -0.25) is 4.90 Å². The van der Waals surface area contributed by atoms with E-state index in [-0.39, 0.29) is 5.37 Å². The van der Waals surface area contributed by atoms with Gasteiger partial charge < -0.3 is 0 Å². The van der Waals surface area contributed by atoms with Gasteiger partial charge in [-0.2, -0.15) is 11.8 Å². The summed E-state index contributed by atoms with van der Waals surface area (Å²) in [6, 6.07) is 0. The number of thiazole rings is 1. The summed E-state index contributed by atoms with van der Waals surface area (Å²) >= 11 is 8.95. The van der Waals surface area contributed by atoms with E-state index in [0.717, 1.165) is 23.0 Å². The van der Waals surface area contributed by atoms with Crippen molar-refractivity contribution in [2.75, 3.05) is 24.3 Å². The number of hydrogen-bond acceptors (Lipinski definition) is 6. The molecule has 0 aromatic carbocycles. The Kier molecular flexibility index (Phi) is 4.93. The third-order valence-electron chi connectivity index (χ3n) is 2.76. The van der Waals surface area contributed by atoms with Crippen LogP contribution in [0.1, 0.15) is 10.7 Å². The zero-order valence-electron chi connectivity index (χ0n) is 10.0. The summed E-state index contributed by atoms with van der Waals surface area (Å²) in [5.74, 6) is 2.02. The first kappa shape index (κ1) is 14.6. The third-order valence-corrected chi connectivity index (χ3v) is 6.60. The van der Waals surface area contributed by atoms with Crippen LogP contribution < -0.4 is 0 Å². The molecule has 1 aliphatic heterocycles. The van der Waals surface area contributed by atoms with Gasteiger partial charge in [0.05, 0.1) is 18.1 Å². The average molecular weight is 327 g/mol. The Bertz CT molecular complexity index is 503. The minimum Gasteiger partial charge on any atom is -0.279 e. The molecule has 1 saturated heterocycles. The molecule has 0 spiro atoms. The fourth-order valence-corrected chi connectivity index (χ4v) is 5.84. The van der Waals surface area contributed by atoms with Crippen molar-refractivity contribution in [1.29, 1.82) is 0 Å². The molecule has 0 amide bonds. The van der Waals surface area contributed by atoms with Gasteiger partial charge in [0.15, 0.2) is 9.84 Å². The third kappa shape index (κ3) is 3.60. The normalized spacial score (nSPS) is 22.2. The minimum atomic E-state index is -3.04. The molecule has 1 aliphatic rings. The maximum absolute atomic E-state index is 11.8. The van der Waals surface area contributed by atoms with Crippen LogP contribution in [0.15, 0.2) is 5.38 Å². The van der Waals surface area contributed by atoms with E-state index in [1.54, 1.807) is 23.1 Å². The van der Waals surface area contributed by atoms with E-state index in [1.807, 2.05) is 10.3 Å². The molecule has 1 atom stereocenters. The maximum Gasteiger partial charge on any atom is 0.164 e. The zero-order chi connectivity index (χ0) is 13.2. The van der Waals surface area contributed by atoms with E-state index in [0.29, 0.717) is 18.2 Å². The average Bonchev–Trinajstić information content (AvgIpc) is 2.76. The van der Waals surface area contributed by atoms with Crippen LogP contribution in [0.2, 0.25) is 0 Å². The van der Waals surface area contributed by atoms with E-state index in [2.05, 4.69) is 4.98 Å². The number of rotatable bonds is 4. The van der Waals surface area contributed by atoms with Crippen LogP contribution >= 0.6 is 34.7 Å². The molecular weight excluding hydrogens is 312 g/mol. The predicted octanol–water partition coefficient (Wildman–Crippen LogP) is 1.80. The van der Waals surface area contributed by atoms with Crippen LogP contribution in [0.5, 0.6) is 0 Å². The Morgan fingerprint density at radius 2 is 2.39 bits per heavy atom. The van der Waals surface area contributed by atoms with E-state index in [1.165, 1.54) is 6.26 Å². The molecule has 102 valence electrons. The molecule has 2 heterocycles. The molecule has 0 saturated carbocycles. The monoisotopic (exact) mass is 326 g/mol. The fraction of sp³-hybridized carbons (Fsp3) is 0.700. The second-order valence-corrected chi connectivity index (χ2v) is 8.76. The molecule has 2 rings (SSSR count). The van der Waals surface area contributed by atoms with Crippen molar-refractivity contribution in [2.45, 2.75) is 17.8 Å². The van der Waals surface area contributed by atoms with Crippen LogP contribution in [0.4, 0.5) is 0 Å². The molecule has 0 bridgehead atoms. The number of halogens is 1. The van der Waals surface area contributed by atoms with Crippen molar-refractivity contribution in [3.8, 4) is 0 Å². The summed E-state index contributed by atoms with van der Waals surface area (Å²) in [4.78, 5) is 6.39.